The van der Waals surface area contributed by atoms with Crippen molar-refractivity contribution in [3.05, 3.63) is 29.3 Å². The van der Waals surface area contributed by atoms with Crippen molar-refractivity contribution in [2.75, 3.05) is 0 Å². The molecule has 0 heterocycles. The van der Waals surface area contributed by atoms with E-state index in [2.05, 4.69) is 5.92 Å². The number of primary sulfonamides is 1. The molecular weight excluding hydrogens is 246 g/mol. The van der Waals surface area contributed by atoms with Crippen molar-refractivity contribution >= 4 is 22.3 Å². The van der Waals surface area contributed by atoms with Gasteiger partial charge in [-0.25, -0.2) is 18.4 Å². The maximum Gasteiger partial charge on any atom is 0.382 e. The quantitative estimate of drug-likeness (QED) is 0.549. The molecule has 88 valence electrons. The predicted octanol–water partition coefficient (Wildman–Crippen LogP) is -0.417. The number of sulfonamides is 1. The van der Waals surface area contributed by atoms with Crippen LogP contribution in [0, 0.1) is 11.8 Å². The molecule has 1 aromatic rings. The highest BCUT2D eigenvalue weighted by atomic mass is 32.2. The number of rotatable bonds is 2. The van der Waals surface area contributed by atoms with Crippen LogP contribution in [0.15, 0.2) is 23.1 Å². The number of carbonyl (C=O) groups is 2. The summed E-state index contributed by atoms with van der Waals surface area (Å²) in [5.74, 6) is 2.58. The largest absolute Gasteiger partial charge is 0.472 e. The van der Waals surface area contributed by atoms with Gasteiger partial charge in [-0.05, 0) is 18.2 Å². The third kappa shape index (κ3) is 3.41. The van der Waals surface area contributed by atoms with E-state index in [9.17, 15) is 18.0 Å². The molecule has 0 spiro atoms. The lowest BCUT2D eigenvalue weighted by Crippen LogP contribution is -2.12. The van der Waals surface area contributed by atoms with Crippen LogP contribution < -0.4 is 5.14 Å². The fourth-order valence-corrected chi connectivity index (χ4v) is 1.58. The molecule has 0 fully saturated rings. The summed E-state index contributed by atoms with van der Waals surface area (Å²) in [5, 5.41) is 13.3. The highest BCUT2D eigenvalue weighted by Crippen LogP contribution is 2.12. The summed E-state index contributed by atoms with van der Waals surface area (Å²) in [6.07, 6.45) is 0.443. The Morgan fingerprint density at radius 1 is 1.41 bits per heavy atom. The Labute approximate surface area is 97.1 Å². The minimum atomic E-state index is -3.92. The molecule has 0 saturated carbocycles. The zero-order valence-electron chi connectivity index (χ0n) is 8.38. The van der Waals surface area contributed by atoms with Crippen molar-refractivity contribution in [2.45, 2.75) is 4.90 Å². The van der Waals surface area contributed by atoms with Crippen LogP contribution >= 0.6 is 0 Å². The summed E-state index contributed by atoms with van der Waals surface area (Å²) in [4.78, 5) is 20.6. The summed E-state index contributed by atoms with van der Waals surface area (Å²) in [6.45, 7) is 0. The number of hydrogen-bond acceptors (Lipinski definition) is 4. The molecule has 3 N–H and O–H groups in total. The van der Waals surface area contributed by atoms with Crippen LogP contribution in [-0.2, 0) is 14.8 Å². The van der Waals surface area contributed by atoms with E-state index < -0.39 is 16.0 Å². The summed E-state index contributed by atoms with van der Waals surface area (Å²) in [7, 11) is -3.92. The van der Waals surface area contributed by atoms with Crippen molar-refractivity contribution in [1.29, 1.82) is 0 Å². The molecule has 0 aliphatic rings. The number of aldehydes is 1. The number of carboxylic acid groups (broad SMARTS) is 1. The van der Waals surface area contributed by atoms with Gasteiger partial charge in [0, 0.05) is 17.0 Å². The van der Waals surface area contributed by atoms with Crippen LogP contribution in [0.25, 0.3) is 0 Å². The number of benzene rings is 1. The van der Waals surface area contributed by atoms with Crippen LogP contribution in [0.1, 0.15) is 15.9 Å². The highest BCUT2D eigenvalue weighted by Gasteiger charge is 2.10. The van der Waals surface area contributed by atoms with E-state index >= 15 is 0 Å². The minimum absolute atomic E-state index is 0.00562. The van der Waals surface area contributed by atoms with Crippen molar-refractivity contribution < 1.29 is 23.1 Å². The first-order valence-corrected chi connectivity index (χ1v) is 5.76. The lowest BCUT2D eigenvalue weighted by atomic mass is 10.1. The van der Waals surface area contributed by atoms with E-state index in [4.69, 9.17) is 10.2 Å². The van der Waals surface area contributed by atoms with Crippen LogP contribution in [-0.4, -0.2) is 25.8 Å². The van der Waals surface area contributed by atoms with Crippen LogP contribution in [0.5, 0.6) is 0 Å². The fraction of sp³-hybridized carbons (Fsp3) is 0. The SMILES string of the molecule is NS(=O)(=O)c1ccc(C=O)c(C#CC(=O)O)c1. The Morgan fingerprint density at radius 3 is 2.53 bits per heavy atom. The molecule has 0 radical (unpaired) electrons. The Kier molecular flexibility index (Phi) is 3.62. The zero-order chi connectivity index (χ0) is 13.1. The minimum Gasteiger partial charge on any atom is -0.472 e. The van der Waals surface area contributed by atoms with Gasteiger partial charge in [0.05, 0.1) is 4.90 Å². The first kappa shape index (κ1) is 12.9. The highest BCUT2D eigenvalue weighted by molar-refractivity contribution is 7.89. The van der Waals surface area contributed by atoms with Gasteiger partial charge in [-0.3, -0.25) is 4.79 Å². The maximum atomic E-state index is 11.0. The number of aliphatic carboxylic acids is 1. The van der Waals surface area contributed by atoms with E-state index in [1.54, 1.807) is 5.92 Å². The van der Waals surface area contributed by atoms with E-state index in [0.717, 1.165) is 12.1 Å². The predicted molar refractivity (Wildman–Crippen MR) is 57.7 cm³/mol. The Hall–Kier alpha value is -2.17. The van der Waals surface area contributed by atoms with E-state index in [-0.39, 0.29) is 16.0 Å². The lowest BCUT2D eigenvalue weighted by Gasteiger charge is -2.00. The summed E-state index contributed by atoms with van der Waals surface area (Å²) >= 11 is 0. The van der Waals surface area contributed by atoms with Gasteiger partial charge in [0.25, 0.3) is 0 Å². The number of nitrogens with two attached hydrogens (primary N) is 1. The van der Waals surface area contributed by atoms with Crippen molar-refractivity contribution in [1.82, 2.24) is 0 Å². The summed E-state index contributed by atoms with van der Waals surface area (Å²) in [6, 6.07) is 3.40. The maximum absolute atomic E-state index is 11.0. The molecule has 0 amide bonds. The van der Waals surface area contributed by atoms with E-state index in [0.29, 0.717) is 6.29 Å². The number of carboxylic acids is 1. The van der Waals surface area contributed by atoms with Gasteiger partial charge >= 0.3 is 5.97 Å². The van der Waals surface area contributed by atoms with Gasteiger partial charge in [-0.15, -0.1) is 0 Å². The molecule has 0 bridgehead atoms. The second-order valence-corrected chi connectivity index (χ2v) is 4.53. The topological polar surface area (TPSA) is 115 Å². The number of hydrogen-bond donors (Lipinski definition) is 2. The zero-order valence-corrected chi connectivity index (χ0v) is 9.19. The Balaban J connectivity index is 3.42. The first-order chi connectivity index (χ1) is 7.84. The van der Waals surface area contributed by atoms with Crippen LogP contribution in [0.2, 0.25) is 0 Å². The molecule has 17 heavy (non-hydrogen) atoms. The molecule has 0 atom stereocenters. The monoisotopic (exact) mass is 253 g/mol. The van der Waals surface area contributed by atoms with Crippen molar-refractivity contribution in [3.8, 4) is 11.8 Å². The average molecular weight is 253 g/mol. The molecule has 0 aliphatic carbocycles. The molecule has 1 rings (SSSR count). The molecule has 6 nitrogen and oxygen atoms in total. The Morgan fingerprint density at radius 2 is 2.06 bits per heavy atom. The molecule has 0 aliphatic heterocycles. The van der Waals surface area contributed by atoms with Crippen molar-refractivity contribution in [3.63, 3.8) is 0 Å². The first-order valence-electron chi connectivity index (χ1n) is 4.21. The van der Waals surface area contributed by atoms with Gasteiger partial charge < -0.3 is 5.11 Å². The third-order valence-electron chi connectivity index (χ3n) is 1.78. The molecule has 0 aromatic heterocycles. The van der Waals surface area contributed by atoms with Gasteiger partial charge in [-0.1, -0.05) is 5.92 Å². The molecule has 0 unspecified atom stereocenters. The van der Waals surface area contributed by atoms with Crippen molar-refractivity contribution in [2.24, 2.45) is 5.14 Å². The van der Waals surface area contributed by atoms with Gasteiger partial charge in [0.1, 0.15) is 0 Å². The van der Waals surface area contributed by atoms with Crippen LogP contribution in [0.4, 0.5) is 0 Å². The number of carbonyl (C=O) groups excluding carboxylic acids is 1. The molecular formula is C10H7NO5S. The van der Waals surface area contributed by atoms with Gasteiger partial charge in [0.2, 0.25) is 10.0 Å². The smallest absolute Gasteiger partial charge is 0.382 e. The molecule has 1 aromatic carbocycles. The van der Waals surface area contributed by atoms with Gasteiger partial charge in [0.15, 0.2) is 6.29 Å². The lowest BCUT2D eigenvalue weighted by molar-refractivity contribution is -0.130. The normalized spacial score (nSPS) is 10.2. The second kappa shape index (κ2) is 4.78. The molecule has 7 heteroatoms. The Bertz CT molecular complexity index is 636. The van der Waals surface area contributed by atoms with E-state index in [1.165, 1.54) is 6.07 Å². The van der Waals surface area contributed by atoms with Crippen LogP contribution in [0.3, 0.4) is 0 Å². The second-order valence-electron chi connectivity index (χ2n) is 2.97. The molecule has 0 saturated heterocycles. The fourth-order valence-electron chi connectivity index (χ4n) is 1.04. The van der Waals surface area contributed by atoms with E-state index in [1.807, 2.05) is 0 Å². The average Bonchev–Trinajstić information content (AvgIpc) is 2.24. The third-order valence-corrected chi connectivity index (χ3v) is 2.70. The summed E-state index contributed by atoms with van der Waals surface area (Å²) in [5.41, 5.74) is 0.0834. The summed E-state index contributed by atoms with van der Waals surface area (Å²) < 4.78 is 22.1. The standard InChI is InChI=1S/C10H7NO5S/c11-17(15,16)9-3-1-8(6-12)7(5-9)2-4-10(13)14/h1,3,5-6H,(H,13,14)(H2,11,15,16). The van der Waals surface area contributed by atoms with Gasteiger partial charge in [-0.2, -0.15) is 0 Å².